The Kier molecular flexibility index (Phi) is 9.48. The maximum absolute atomic E-state index is 12.1. The predicted molar refractivity (Wildman–Crippen MR) is 133 cm³/mol. The van der Waals surface area contributed by atoms with E-state index in [4.69, 9.17) is 4.74 Å². The zero-order valence-electron chi connectivity index (χ0n) is 19.0. The number of nitrogens with one attached hydrogen (secondary N) is 1. The number of benzene rings is 1. The molecule has 0 saturated carbocycles. The number of ether oxygens (including phenoxy) is 1. The van der Waals surface area contributed by atoms with Gasteiger partial charge in [0.05, 0.1) is 16.8 Å². The van der Waals surface area contributed by atoms with Gasteiger partial charge in [0.1, 0.15) is 6.61 Å². The molecule has 2 heterocycles. The normalized spacial score (nSPS) is 14.4. The number of thioether (sulfide) groups is 1. The van der Waals surface area contributed by atoms with Gasteiger partial charge in [-0.15, -0.1) is 0 Å². The number of carbonyl (C=O) groups excluding carboxylic acids is 3. The van der Waals surface area contributed by atoms with Crippen LogP contribution in [-0.4, -0.2) is 39.1 Å². The van der Waals surface area contributed by atoms with E-state index in [0.717, 1.165) is 16.7 Å². The predicted octanol–water partition coefficient (Wildman–Crippen LogP) is 5.42. The SMILES string of the molecule is CC.CC(C)C(=O)Nc1cncc(COc2cc(/C=C3\SC(=O)N(C)C3=O)c(Br)cc2O)c1. The number of rotatable bonds is 6. The number of imide groups is 1. The minimum absolute atomic E-state index is 0.0927. The Labute approximate surface area is 205 Å². The maximum atomic E-state index is 12.1. The Morgan fingerprint density at radius 1 is 1.27 bits per heavy atom. The van der Waals surface area contributed by atoms with Crippen molar-refractivity contribution in [2.24, 2.45) is 5.92 Å². The smallest absolute Gasteiger partial charge is 0.293 e. The first-order chi connectivity index (χ1) is 15.7. The van der Waals surface area contributed by atoms with Crippen molar-refractivity contribution in [3.63, 3.8) is 0 Å². The summed E-state index contributed by atoms with van der Waals surface area (Å²) in [6, 6.07) is 4.76. The van der Waals surface area contributed by atoms with Crippen molar-refractivity contribution < 1.29 is 24.2 Å². The van der Waals surface area contributed by atoms with Gasteiger partial charge in [-0.3, -0.25) is 24.3 Å². The molecule has 0 radical (unpaired) electrons. The van der Waals surface area contributed by atoms with Gasteiger partial charge >= 0.3 is 0 Å². The van der Waals surface area contributed by atoms with E-state index in [1.807, 2.05) is 13.8 Å². The van der Waals surface area contributed by atoms with Crippen LogP contribution in [0.5, 0.6) is 11.5 Å². The summed E-state index contributed by atoms with van der Waals surface area (Å²) in [6.45, 7) is 7.69. The van der Waals surface area contributed by atoms with Gasteiger partial charge in [-0.1, -0.05) is 43.6 Å². The van der Waals surface area contributed by atoms with Crippen LogP contribution in [0.15, 0.2) is 40.0 Å². The van der Waals surface area contributed by atoms with Crippen molar-refractivity contribution in [2.45, 2.75) is 34.3 Å². The third-order valence-corrected chi connectivity index (χ3v) is 5.98. The number of anilines is 1. The van der Waals surface area contributed by atoms with Gasteiger partial charge in [-0.05, 0) is 41.6 Å². The number of aromatic nitrogens is 1. The molecule has 1 aliphatic heterocycles. The number of hydrogen-bond acceptors (Lipinski definition) is 7. The first-order valence-electron chi connectivity index (χ1n) is 10.3. The van der Waals surface area contributed by atoms with Crippen molar-refractivity contribution >= 4 is 56.5 Å². The second kappa shape index (κ2) is 11.9. The zero-order chi connectivity index (χ0) is 24.7. The molecule has 1 fully saturated rings. The van der Waals surface area contributed by atoms with Crippen LogP contribution < -0.4 is 10.1 Å². The van der Waals surface area contributed by atoms with Gasteiger partial charge in [0.15, 0.2) is 11.5 Å². The Morgan fingerprint density at radius 2 is 1.97 bits per heavy atom. The second-order valence-electron chi connectivity index (χ2n) is 7.10. The summed E-state index contributed by atoms with van der Waals surface area (Å²) in [4.78, 5) is 41.1. The van der Waals surface area contributed by atoms with Crippen LogP contribution in [0.3, 0.4) is 0 Å². The highest BCUT2D eigenvalue weighted by Crippen LogP contribution is 2.37. The number of amides is 3. The third kappa shape index (κ3) is 6.82. The number of phenols is 1. The fourth-order valence-corrected chi connectivity index (χ4v) is 3.82. The van der Waals surface area contributed by atoms with Crippen molar-refractivity contribution in [1.29, 1.82) is 0 Å². The molecular formula is C23H26BrN3O5S. The molecule has 1 aliphatic rings. The van der Waals surface area contributed by atoms with E-state index in [2.05, 4.69) is 26.2 Å². The highest BCUT2D eigenvalue weighted by atomic mass is 79.9. The molecule has 176 valence electrons. The summed E-state index contributed by atoms with van der Waals surface area (Å²) in [5, 5.41) is 12.7. The van der Waals surface area contributed by atoms with Crippen LogP contribution in [0.1, 0.15) is 38.8 Å². The van der Waals surface area contributed by atoms with Crippen LogP contribution in [0.4, 0.5) is 10.5 Å². The van der Waals surface area contributed by atoms with Gasteiger partial charge in [0.2, 0.25) is 5.91 Å². The number of pyridine rings is 1. The quantitative estimate of drug-likeness (QED) is 0.475. The fourth-order valence-electron chi connectivity index (χ4n) is 2.55. The van der Waals surface area contributed by atoms with Crippen LogP contribution in [-0.2, 0) is 16.2 Å². The molecule has 0 aliphatic carbocycles. The Morgan fingerprint density at radius 3 is 2.58 bits per heavy atom. The lowest BCUT2D eigenvalue weighted by Crippen LogP contribution is -2.22. The van der Waals surface area contributed by atoms with Crippen molar-refractivity contribution in [3.05, 3.63) is 51.1 Å². The number of halogens is 1. The lowest BCUT2D eigenvalue weighted by atomic mass is 10.1. The van der Waals surface area contributed by atoms with Crippen LogP contribution in [0.2, 0.25) is 0 Å². The second-order valence-corrected chi connectivity index (χ2v) is 8.94. The molecule has 1 saturated heterocycles. The van der Waals surface area contributed by atoms with Gasteiger partial charge in [0.25, 0.3) is 11.1 Å². The Hall–Kier alpha value is -2.85. The number of likely N-dealkylation sites (N-methyl/N-ethyl adjacent to an activating group) is 1. The van der Waals surface area contributed by atoms with E-state index < -0.39 is 0 Å². The molecule has 2 N–H and O–H groups in total. The lowest BCUT2D eigenvalue weighted by Gasteiger charge is -2.12. The van der Waals surface area contributed by atoms with Gasteiger partial charge < -0.3 is 15.2 Å². The van der Waals surface area contributed by atoms with E-state index in [1.54, 1.807) is 44.4 Å². The average Bonchev–Trinajstić information content (AvgIpc) is 3.02. The molecule has 2 aromatic rings. The van der Waals surface area contributed by atoms with Crippen LogP contribution in [0.25, 0.3) is 6.08 Å². The number of aromatic hydroxyl groups is 1. The molecule has 8 nitrogen and oxygen atoms in total. The molecule has 0 unspecified atom stereocenters. The topological polar surface area (TPSA) is 109 Å². The number of nitrogens with zero attached hydrogens (tertiary/aromatic N) is 2. The average molecular weight is 536 g/mol. The van der Waals surface area contributed by atoms with E-state index in [9.17, 15) is 19.5 Å². The Bertz CT molecular complexity index is 1090. The molecule has 3 rings (SSSR count). The van der Waals surface area contributed by atoms with Crippen LogP contribution in [0, 0.1) is 5.92 Å². The van der Waals surface area contributed by atoms with E-state index >= 15 is 0 Å². The zero-order valence-corrected chi connectivity index (χ0v) is 21.4. The van der Waals surface area contributed by atoms with Gasteiger partial charge in [-0.25, -0.2) is 0 Å². The third-order valence-electron chi connectivity index (χ3n) is 4.33. The molecule has 0 atom stereocenters. The van der Waals surface area contributed by atoms with Crippen LogP contribution >= 0.6 is 27.7 Å². The molecule has 10 heteroatoms. The molecule has 3 amide bonds. The van der Waals surface area contributed by atoms with E-state index in [-0.39, 0.29) is 46.0 Å². The molecule has 33 heavy (non-hydrogen) atoms. The summed E-state index contributed by atoms with van der Waals surface area (Å²) in [7, 11) is 1.42. The number of hydrogen-bond donors (Lipinski definition) is 2. The fraction of sp³-hybridized carbons (Fsp3) is 0.304. The molecular weight excluding hydrogens is 510 g/mol. The minimum atomic E-state index is -0.385. The van der Waals surface area contributed by atoms with Gasteiger partial charge in [-0.2, -0.15) is 0 Å². The summed E-state index contributed by atoms with van der Waals surface area (Å²) >= 11 is 4.19. The van der Waals surface area contributed by atoms with Gasteiger partial charge in [0, 0.05) is 29.2 Å². The summed E-state index contributed by atoms with van der Waals surface area (Å²) in [6.07, 6.45) is 4.70. The summed E-state index contributed by atoms with van der Waals surface area (Å²) in [5.41, 5.74) is 1.82. The monoisotopic (exact) mass is 535 g/mol. The lowest BCUT2D eigenvalue weighted by molar-refractivity contribution is -0.122. The van der Waals surface area contributed by atoms with Crippen molar-refractivity contribution in [1.82, 2.24) is 9.88 Å². The van der Waals surface area contributed by atoms with E-state index in [1.165, 1.54) is 13.1 Å². The molecule has 0 bridgehead atoms. The molecule has 0 spiro atoms. The van der Waals surface area contributed by atoms with Crippen molar-refractivity contribution in [2.75, 3.05) is 12.4 Å². The molecule has 1 aromatic heterocycles. The molecule has 1 aromatic carbocycles. The van der Waals surface area contributed by atoms with E-state index in [0.29, 0.717) is 21.3 Å². The highest BCUT2D eigenvalue weighted by Gasteiger charge is 2.32. The van der Waals surface area contributed by atoms with Crippen molar-refractivity contribution in [3.8, 4) is 11.5 Å². The number of carbonyl (C=O) groups is 3. The largest absolute Gasteiger partial charge is 0.504 e. The summed E-state index contributed by atoms with van der Waals surface area (Å²) in [5.74, 6) is -0.561. The first kappa shape index (κ1) is 26.4. The number of phenolic OH excluding ortho intramolecular Hbond substituents is 1. The Balaban J connectivity index is 0.00000187. The first-order valence-corrected chi connectivity index (χ1v) is 11.9. The minimum Gasteiger partial charge on any atom is -0.504 e. The maximum Gasteiger partial charge on any atom is 0.293 e. The standard InChI is InChI=1S/C21H20BrN3O5S.C2H6/c1-11(2)19(27)24-14-4-12(8-23-9-14)10-30-17-5-13(15(22)7-16(17)26)6-18-20(28)25(3)21(29)31-18;1-2/h4-9,11,26H,10H2,1-3H3,(H,24,27);1-2H3/b18-6-;. The summed E-state index contributed by atoms with van der Waals surface area (Å²) < 4.78 is 6.28. The highest BCUT2D eigenvalue weighted by molar-refractivity contribution is 9.10.